The Bertz CT molecular complexity index is 2040. The Kier molecular flexibility index (Phi) is 72.8. The van der Waals surface area contributed by atoms with Crippen LogP contribution in [0.4, 0.5) is 0 Å². The highest BCUT2D eigenvalue weighted by Gasteiger charge is 2.22. The van der Waals surface area contributed by atoms with Gasteiger partial charge < -0.3 is 27.9 Å². The Labute approximate surface area is 594 Å². The highest BCUT2D eigenvalue weighted by Crippen LogP contribution is 2.38. The van der Waals surface area contributed by atoms with Crippen LogP contribution in [0.25, 0.3) is 0 Å². The Morgan fingerprint density at radius 1 is 0.333 bits per heavy atom. The number of rotatable bonds is 74. The van der Waals surface area contributed by atoms with E-state index in [0.717, 1.165) is 103 Å². The summed E-state index contributed by atoms with van der Waals surface area (Å²) in [5, 5.41) is 0. The van der Waals surface area contributed by atoms with Gasteiger partial charge in [-0.25, -0.2) is 0 Å². The molecule has 0 aliphatic carbocycles. The standard InChI is InChI=1S/C86H152NO8P/c1-6-8-10-12-14-16-18-20-22-24-26-28-30-32-34-36-38-40-41-42-43-44-45-47-49-51-53-55-57-59-61-63-65-67-69-71-73-75-77-79-86(89)95-84(83-94-96(90,91)93-81-80-87(3,4)5)82-92-85(88)78-76-74-72-70-68-66-64-62-60-58-56-54-52-50-48-46-39-37-35-33-31-29-27-25-23-21-19-17-15-13-11-9-7-2/h8,10,14,16,20,22,25-28,32,34,38,40,42-43,45,47,51,53,84H,6-7,9,11-13,15,17-19,21,23-24,29-31,33,35-37,39,41,44,46,48-50,52,54-83H2,1-5H3/b10-8-,16-14-,22-20-,27-25-,28-26-,34-32-,40-38-,43-42-,47-45-,53-51-. The van der Waals surface area contributed by atoms with Crippen molar-refractivity contribution in [2.24, 2.45) is 0 Å². The normalized spacial score (nSPS) is 13.7. The molecular weight excluding hydrogens is 1210 g/mol. The molecule has 0 rings (SSSR count). The van der Waals surface area contributed by atoms with E-state index in [2.05, 4.69) is 135 Å². The molecule has 0 amide bonds. The number of esters is 2. The molecule has 0 aliphatic rings. The highest BCUT2D eigenvalue weighted by molar-refractivity contribution is 7.45. The Morgan fingerprint density at radius 3 is 0.896 bits per heavy atom. The van der Waals surface area contributed by atoms with E-state index in [9.17, 15) is 19.0 Å². The van der Waals surface area contributed by atoms with E-state index in [-0.39, 0.29) is 32.0 Å². The van der Waals surface area contributed by atoms with E-state index < -0.39 is 26.5 Å². The summed E-state index contributed by atoms with van der Waals surface area (Å²) >= 11 is 0. The third-order valence-electron chi connectivity index (χ3n) is 17.5. The van der Waals surface area contributed by atoms with Crippen LogP contribution in [0.5, 0.6) is 0 Å². The fraction of sp³-hybridized carbons (Fsp3) is 0.744. The van der Waals surface area contributed by atoms with E-state index >= 15 is 0 Å². The zero-order valence-corrected chi connectivity index (χ0v) is 64.2. The third kappa shape index (κ3) is 79.4. The Balaban J connectivity index is 4.00. The number of ether oxygens (including phenoxy) is 2. The minimum absolute atomic E-state index is 0.0344. The van der Waals surface area contributed by atoms with Crippen LogP contribution in [0.15, 0.2) is 122 Å². The summed E-state index contributed by atoms with van der Waals surface area (Å²) in [6.45, 7) is 4.16. The molecule has 0 aliphatic heterocycles. The minimum atomic E-state index is -4.65. The van der Waals surface area contributed by atoms with E-state index in [4.69, 9.17) is 18.5 Å². The van der Waals surface area contributed by atoms with Gasteiger partial charge in [0.1, 0.15) is 19.8 Å². The van der Waals surface area contributed by atoms with Gasteiger partial charge in [-0.2, -0.15) is 0 Å². The van der Waals surface area contributed by atoms with Gasteiger partial charge in [-0.05, 0) is 109 Å². The zero-order valence-electron chi connectivity index (χ0n) is 63.3. The molecule has 96 heavy (non-hydrogen) atoms. The van der Waals surface area contributed by atoms with Crippen molar-refractivity contribution in [3.05, 3.63) is 122 Å². The SMILES string of the molecule is CC/C=C\C/C=C\C/C=C\C/C=C\C/C=C\C/C=C\C/C=C\C/C=C\C/C=C\CCCCCCCCCCCCCC(=O)OC(COC(=O)CCCCCCCCCCCCCCCCCCCCCCC/C=C\CCCCCCCCCC)COP(=O)([O-])OCC[N+](C)(C)C. The van der Waals surface area contributed by atoms with Crippen LogP contribution in [0.3, 0.4) is 0 Å². The number of nitrogens with zero attached hydrogens (tertiary/aromatic N) is 1. The molecular formula is C86H152NO8P. The molecule has 0 aromatic heterocycles. The molecule has 554 valence electrons. The number of hydrogen-bond acceptors (Lipinski definition) is 8. The van der Waals surface area contributed by atoms with Crippen LogP contribution in [0.1, 0.15) is 361 Å². The molecule has 2 unspecified atom stereocenters. The molecule has 0 fully saturated rings. The van der Waals surface area contributed by atoms with E-state index in [1.165, 1.54) is 225 Å². The number of allylic oxidation sites excluding steroid dienone is 20. The molecule has 0 heterocycles. The maximum Gasteiger partial charge on any atom is 0.306 e. The predicted molar refractivity (Wildman–Crippen MR) is 415 cm³/mol. The van der Waals surface area contributed by atoms with E-state index in [1.807, 2.05) is 21.1 Å². The van der Waals surface area contributed by atoms with E-state index in [0.29, 0.717) is 17.4 Å². The number of unbranched alkanes of at least 4 members (excludes halogenated alkanes) is 40. The second-order valence-electron chi connectivity index (χ2n) is 28.0. The molecule has 10 heteroatoms. The predicted octanol–water partition coefficient (Wildman–Crippen LogP) is 26.3. The van der Waals surface area contributed by atoms with Crippen molar-refractivity contribution < 1.29 is 42.1 Å². The maximum atomic E-state index is 12.9. The van der Waals surface area contributed by atoms with Crippen molar-refractivity contribution in [1.29, 1.82) is 0 Å². The summed E-state index contributed by atoms with van der Waals surface area (Å²) in [5.74, 6) is -0.827. The molecule has 0 aromatic rings. The lowest BCUT2D eigenvalue weighted by atomic mass is 10.0. The van der Waals surface area contributed by atoms with Crippen molar-refractivity contribution in [3.63, 3.8) is 0 Å². The zero-order chi connectivity index (χ0) is 69.7. The first kappa shape index (κ1) is 92.4. The summed E-state index contributed by atoms with van der Waals surface area (Å²) in [6.07, 6.45) is 109. The van der Waals surface area contributed by atoms with Gasteiger partial charge in [0, 0.05) is 12.8 Å². The molecule has 0 N–H and O–H groups in total. The number of phosphoric ester groups is 1. The van der Waals surface area contributed by atoms with Crippen LogP contribution in [-0.4, -0.2) is 70.0 Å². The fourth-order valence-electron chi connectivity index (χ4n) is 11.4. The topological polar surface area (TPSA) is 111 Å². The molecule has 0 saturated heterocycles. The summed E-state index contributed by atoms with van der Waals surface area (Å²) in [4.78, 5) is 38.2. The summed E-state index contributed by atoms with van der Waals surface area (Å²) in [5.41, 5.74) is 0. The lowest BCUT2D eigenvalue weighted by Crippen LogP contribution is -2.37. The van der Waals surface area contributed by atoms with Gasteiger partial charge in [-0.3, -0.25) is 14.2 Å². The lowest BCUT2D eigenvalue weighted by molar-refractivity contribution is -0.870. The maximum absolute atomic E-state index is 12.9. The van der Waals surface area contributed by atoms with Gasteiger partial charge in [0.2, 0.25) is 0 Å². The molecule has 0 aromatic carbocycles. The van der Waals surface area contributed by atoms with Gasteiger partial charge in [-0.15, -0.1) is 0 Å². The van der Waals surface area contributed by atoms with Crippen LogP contribution in [0.2, 0.25) is 0 Å². The van der Waals surface area contributed by atoms with Crippen molar-refractivity contribution in [2.45, 2.75) is 367 Å². The number of carbonyl (C=O) groups excluding carboxylic acids is 2. The second kappa shape index (κ2) is 75.6. The first-order valence-corrected chi connectivity index (χ1v) is 41.7. The summed E-state index contributed by atoms with van der Waals surface area (Å²) in [6, 6.07) is 0. The Hall–Kier alpha value is -3.59. The first-order chi connectivity index (χ1) is 47.0. The van der Waals surface area contributed by atoms with Crippen LogP contribution in [0, 0.1) is 0 Å². The van der Waals surface area contributed by atoms with Gasteiger partial charge in [0.05, 0.1) is 27.7 Å². The molecule has 0 bridgehead atoms. The van der Waals surface area contributed by atoms with Crippen LogP contribution in [-0.2, 0) is 32.7 Å². The largest absolute Gasteiger partial charge is 0.756 e. The number of phosphoric acid groups is 1. The molecule has 2 atom stereocenters. The van der Waals surface area contributed by atoms with E-state index in [1.54, 1.807) is 0 Å². The van der Waals surface area contributed by atoms with Crippen molar-refractivity contribution in [1.82, 2.24) is 0 Å². The van der Waals surface area contributed by atoms with Crippen molar-refractivity contribution in [2.75, 3.05) is 47.5 Å². The number of quaternary nitrogens is 1. The molecule has 0 radical (unpaired) electrons. The quantitative estimate of drug-likeness (QED) is 0.0195. The van der Waals surface area contributed by atoms with Gasteiger partial charge >= 0.3 is 11.9 Å². The number of carbonyl (C=O) groups is 2. The fourth-order valence-corrected chi connectivity index (χ4v) is 12.1. The van der Waals surface area contributed by atoms with Gasteiger partial charge in [0.25, 0.3) is 7.82 Å². The minimum Gasteiger partial charge on any atom is -0.756 e. The molecule has 0 spiro atoms. The van der Waals surface area contributed by atoms with Gasteiger partial charge in [-0.1, -0.05) is 360 Å². The van der Waals surface area contributed by atoms with Crippen LogP contribution < -0.4 is 4.89 Å². The summed E-state index contributed by atoms with van der Waals surface area (Å²) in [7, 11) is 1.17. The second-order valence-corrected chi connectivity index (χ2v) is 29.5. The molecule has 0 saturated carbocycles. The third-order valence-corrected chi connectivity index (χ3v) is 18.4. The lowest BCUT2D eigenvalue weighted by Gasteiger charge is -2.28. The highest BCUT2D eigenvalue weighted by atomic mass is 31.2. The van der Waals surface area contributed by atoms with Crippen molar-refractivity contribution >= 4 is 19.8 Å². The summed E-state index contributed by atoms with van der Waals surface area (Å²) < 4.78 is 34.4. The van der Waals surface area contributed by atoms with Crippen LogP contribution >= 0.6 is 7.82 Å². The monoisotopic (exact) mass is 1360 g/mol. The number of hydrogen-bond donors (Lipinski definition) is 0. The Morgan fingerprint density at radius 2 is 0.594 bits per heavy atom. The average molecular weight is 1360 g/mol. The average Bonchev–Trinajstić information content (AvgIpc) is 1.98. The first-order valence-electron chi connectivity index (χ1n) is 40.2. The smallest absolute Gasteiger partial charge is 0.306 e. The van der Waals surface area contributed by atoms with Crippen molar-refractivity contribution in [3.8, 4) is 0 Å². The van der Waals surface area contributed by atoms with Gasteiger partial charge in [0.15, 0.2) is 6.10 Å². The number of likely N-dealkylation sites (N-methyl/N-ethyl adjacent to an activating group) is 1. The molecule has 9 nitrogen and oxygen atoms in total.